The van der Waals surface area contributed by atoms with Crippen LogP contribution in [0.1, 0.15) is 24.0 Å². The molecule has 0 saturated carbocycles. The SMILES string of the molecule is Cc1cccc2cc(C#N)c(SCC(=O)N3CCCC3)nc12. The van der Waals surface area contributed by atoms with Crippen LogP contribution in [0.5, 0.6) is 0 Å². The van der Waals surface area contributed by atoms with Gasteiger partial charge in [-0.15, -0.1) is 0 Å². The van der Waals surface area contributed by atoms with E-state index in [1.807, 2.05) is 36.1 Å². The summed E-state index contributed by atoms with van der Waals surface area (Å²) in [5.74, 6) is 0.483. The maximum absolute atomic E-state index is 12.1. The van der Waals surface area contributed by atoms with Crippen molar-refractivity contribution in [1.29, 1.82) is 5.26 Å². The first kappa shape index (κ1) is 14.9. The highest BCUT2D eigenvalue weighted by Crippen LogP contribution is 2.26. The number of amides is 1. The molecule has 0 atom stereocenters. The molecule has 112 valence electrons. The van der Waals surface area contributed by atoms with Crippen LogP contribution in [0.3, 0.4) is 0 Å². The van der Waals surface area contributed by atoms with E-state index < -0.39 is 0 Å². The third-order valence-electron chi connectivity index (χ3n) is 3.92. The monoisotopic (exact) mass is 311 g/mol. The quantitative estimate of drug-likeness (QED) is 0.817. The van der Waals surface area contributed by atoms with Gasteiger partial charge in [-0.2, -0.15) is 5.26 Å². The Morgan fingerprint density at radius 2 is 2.18 bits per heavy atom. The van der Waals surface area contributed by atoms with E-state index in [-0.39, 0.29) is 5.91 Å². The van der Waals surface area contributed by atoms with Crippen LogP contribution >= 0.6 is 11.8 Å². The number of hydrogen-bond acceptors (Lipinski definition) is 4. The Labute approximate surface area is 134 Å². The van der Waals surface area contributed by atoms with Crippen molar-refractivity contribution < 1.29 is 4.79 Å². The van der Waals surface area contributed by atoms with E-state index in [0.29, 0.717) is 16.3 Å². The van der Waals surface area contributed by atoms with Crippen molar-refractivity contribution in [3.8, 4) is 6.07 Å². The Morgan fingerprint density at radius 3 is 2.91 bits per heavy atom. The maximum Gasteiger partial charge on any atom is 0.232 e. The number of thioether (sulfide) groups is 1. The fourth-order valence-electron chi connectivity index (χ4n) is 2.71. The first-order valence-electron chi connectivity index (χ1n) is 7.40. The molecular formula is C17H17N3OS. The zero-order valence-corrected chi connectivity index (χ0v) is 13.3. The predicted octanol–water partition coefficient (Wildman–Crippen LogP) is 3.13. The minimum absolute atomic E-state index is 0.137. The second-order valence-corrected chi connectivity index (χ2v) is 6.44. The lowest BCUT2D eigenvalue weighted by Gasteiger charge is -2.15. The molecule has 5 heteroatoms. The number of nitriles is 1. The van der Waals surface area contributed by atoms with Gasteiger partial charge in [0.25, 0.3) is 0 Å². The van der Waals surface area contributed by atoms with Gasteiger partial charge in [0, 0.05) is 18.5 Å². The number of rotatable bonds is 3. The molecule has 0 bridgehead atoms. The van der Waals surface area contributed by atoms with E-state index in [9.17, 15) is 10.1 Å². The molecular weight excluding hydrogens is 294 g/mol. The molecule has 0 unspecified atom stereocenters. The molecule has 1 aromatic heterocycles. The lowest BCUT2D eigenvalue weighted by molar-refractivity contribution is -0.127. The minimum atomic E-state index is 0.137. The molecule has 1 aliphatic rings. The van der Waals surface area contributed by atoms with Gasteiger partial charge in [-0.3, -0.25) is 4.79 Å². The van der Waals surface area contributed by atoms with Gasteiger partial charge in [0.1, 0.15) is 11.1 Å². The molecule has 3 rings (SSSR count). The smallest absolute Gasteiger partial charge is 0.232 e. The summed E-state index contributed by atoms with van der Waals surface area (Å²) in [6.45, 7) is 3.72. The second kappa shape index (κ2) is 6.37. The molecule has 2 heterocycles. The average molecular weight is 311 g/mol. The van der Waals surface area contributed by atoms with Crippen molar-refractivity contribution in [2.24, 2.45) is 0 Å². The molecule has 1 saturated heterocycles. The van der Waals surface area contributed by atoms with Crippen molar-refractivity contribution in [2.75, 3.05) is 18.8 Å². The number of fused-ring (bicyclic) bond motifs is 1. The Balaban J connectivity index is 1.84. The van der Waals surface area contributed by atoms with Gasteiger partial charge in [-0.05, 0) is 31.4 Å². The van der Waals surface area contributed by atoms with Crippen LogP contribution in [-0.2, 0) is 4.79 Å². The van der Waals surface area contributed by atoms with Crippen LogP contribution in [0.15, 0.2) is 29.3 Å². The Hall–Kier alpha value is -2.06. The molecule has 1 aliphatic heterocycles. The molecule has 1 fully saturated rings. The fourth-order valence-corrected chi connectivity index (χ4v) is 3.57. The van der Waals surface area contributed by atoms with Crippen molar-refractivity contribution in [3.05, 3.63) is 35.4 Å². The topological polar surface area (TPSA) is 57.0 Å². The highest BCUT2D eigenvalue weighted by molar-refractivity contribution is 8.00. The molecule has 22 heavy (non-hydrogen) atoms. The number of benzene rings is 1. The highest BCUT2D eigenvalue weighted by Gasteiger charge is 2.19. The summed E-state index contributed by atoms with van der Waals surface area (Å²) in [6, 6.07) is 9.98. The van der Waals surface area contributed by atoms with Gasteiger partial charge in [0.05, 0.1) is 16.8 Å². The molecule has 4 nitrogen and oxygen atoms in total. The van der Waals surface area contributed by atoms with Gasteiger partial charge < -0.3 is 4.90 Å². The number of aromatic nitrogens is 1. The van der Waals surface area contributed by atoms with Crippen molar-refractivity contribution in [2.45, 2.75) is 24.8 Å². The van der Waals surface area contributed by atoms with Crippen LogP contribution in [0.25, 0.3) is 10.9 Å². The van der Waals surface area contributed by atoms with Crippen LogP contribution in [-0.4, -0.2) is 34.6 Å². The van der Waals surface area contributed by atoms with E-state index in [1.54, 1.807) is 0 Å². The van der Waals surface area contributed by atoms with Gasteiger partial charge in [0.2, 0.25) is 5.91 Å². The third-order valence-corrected chi connectivity index (χ3v) is 4.90. The van der Waals surface area contributed by atoms with Gasteiger partial charge in [0.15, 0.2) is 0 Å². The fraction of sp³-hybridized carbons (Fsp3) is 0.353. The van der Waals surface area contributed by atoms with E-state index in [0.717, 1.165) is 42.4 Å². The van der Waals surface area contributed by atoms with Crippen LogP contribution in [0, 0.1) is 18.3 Å². The summed E-state index contributed by atoms with van der Waals surface area (Å²) in [7, 11) is 0. The Kier molecular flexibility index (Phi) is 4.30. The molecule has 0 aliphatic carbocycles. The van der Waals surface area contributed by atoms with Gasteiger partial charge in [-0.25, -0.2) is 4.98 Å². The number of carbonyl (C=O) groups is 1. The number of carbonyl (C=O) groups excluding carboxylic acids is 1. The van der Waals surface area contributed by atoms with E-state index in [2.05, 4.69) is 11.1 Å². The van der Waals surface area contributed by atoms with E-state index >= 15 is 0 Å². The number of para-hydroxylation sites is 1. The summed E-state index contributed by atoms with van der Waals surface area (Å²) in [5, 5.41) is 10.9. The Bertz CT molecular complexity index is 760. The zero-order valence-electron chi connectivity index (χ0n) is 12.5. The predicted molar refractivity (Wildman–Crippen MR) is 87.7 cm³/mol. The standard InChI is InChI=1S/C17H17N3OS/c1-12-5-4-6-13-9-14(10-18)17(19-16(12)13)22-11-15(21)20-7-2-3-8-20/h4-6,9H,2-3,7-8,11H2,1H3. The van der Waals surface area contributed by atoms with Crippen molar-refractivity contribution >= 4 is 28.6 Å². The first-order chi connectivity index (χ1) is 10.7. The largest absolute Gasteiger partial charge is 0.342 e. The van der Waals surface area contributed by atoms with E-state index in [4.69, 9.17) is 0 Å². The molecule has 0 radical (unpaired) electrons. The number of aryl methyl sites for hydroxylation is 1. The average Bonchev–Trinajstić information content (AvgIpc) is 3.07. The van der Waals surface area contributed by atoms with E-state index in [1.165, 1.54) is 11.8 Å². The number of nitrogens with zero attached hydrogens (tertiary/aromatic N) is 3. The van der Waals surface area contributed by atoms with Gasteiger partial charge in [-0.1, -0.05) is 30.0 Å². The number of hydrogen-bond donors (Lipinski definition) is 0. The maximum atomic E-state index is 12.1. The van der Waals surface area contributed by atoms with Gasteiger partial charge >= 0.3 is 0 Å². The summed E-state index contributed by atoms with van der Waals surface area (Å²) in [6.07, 6.45) is 2.18. The molecule has 1 amide bonds. The van der Waals surface area contributed by atoms with Crippen molar-refractivity contribution in [1.82, 2.24) is 9.88 Å². The lowest BCUT2D eigenvalue weighted by Crippen LogP contribution is -2.29. The first-order valence-corrected chi connectivity index (χ1v) is 8.38. The van der Waals surface area contributed by atoms with Crippen molar-refractivity contribution in [3.63, 3.8) is 0 Å². The zero-order chi connectivity index (χ0) is 15.5. The molecule has 0 spiro atoms. The lowest BCUT2D eigenvalue weighted by atomic mass is 10.1. The molecule has 2 aromatic rings. The van der Waals surface area contributed by atoms with Crippen LogP contribution < -0.4 is 0 Å². The Morgan fingerprint density at radius 1 is 1.41 bits per heavy atom. The van der Waals surface area contributed by atoms with Crippen LogP contribution in [0.2, 0.25) is 0 Å². The van der Waals surface area contributed by atoms with Crippen LogP contribution in [0.4, 0.5) is 0 Å². The summed E-state index contributed by atoms with van der Waals surface area (Å²) in [5.41, 5.74) is 2.52. The molecule has 1 aromatic carbocycles. The highest BCUT2D eigenvalue weighted by atomic mass is 32.2. The number of likely N-dealkylation sites (tertiary alicyclic amines) is 1. The summed E-state index contributed by atoms with van der Waals surface area (Å²) >= 11 is 1.37. The molecule has 0 N–H and O–H groups in total. The second-order valence-electron chi connectivity index (χ2n) is 5.48. The minimum Gasteiger partial charge on any atom is -0.342 e. The third kappa shape index (κ3) is 2.93. The number of pyridine rings is 1. The summed E-state index contributed by atoms with van der Waals surface area (Å²) < 4.78 is 0. The summed E-state index contributed by atoms with van der Waals surface area (Å²) in [4.78, 5) is 18.7. The normalized spacial score (nSPS) is 14.3.